The summed E-state index contributed by atoms with van der Waals surface area (Å²) in [6, 6.07) is 19.0. The number of carbonyl (C=O) groups is 2. The third-order valence-corrected chi connectivity index (χ3v) is 4.59. The highest BCUT2D eigenvalue weighted by Crippen LogP contribution is 2.18. The Morgan fingerprint density at radius 3 is 2.16 bits per heavy atom. The molecule has 0 aliphatic heterocycles. The average molecular weight is 437 g/mol. The number of nitrogens with one attached hydrogen (secondary N) is 2. The van der Waals surface area contributed by atoms with Gasteiger partial charge in [-0.05, 0) is 55.0 Å². The zero-order valence-electron chi connectivity index (χ0n) is 16.3. The molecule has 0 fully saturated rings. The molecule has 0 aliphatic rings. The molecule has 0 saturated heterocycles. The van der Waals surface area contributed by atoms with Crippen LogP contribution in [0, 0.1) is 10.1 Å². The summed E-state index contributed by atoms with van der Waals surface area (Å²) in [6.45, 7) is 1.68. The molecule has 31 heavy (non-hydrogen) atoms. The normalized spacial score (nSPS) is 11.0. The molecule has 0 heterocycles. The molecule has 3 rings (SSSR count). The van der Waals surface area contributed by atoms with Crippen molar-refractivity contribution in [2.75, 3.05) is 5.32 Å². The van der Waals surface area contributed by atoms with E-state index >= 15 is 0 Å². The highest BCUT2D eigenvalue weighted by molar-refractivity contribution is 6.30. The SMILES string of the molecule is C/C(=N/NC(=O)c1ccccc1[N+](=O)[O-])c1ccc(NC(=O)c2ccc(Cl)cc2)cc1. The van der Waals surface area contributed by atoms with E-state index < -0.39 is 10.8 Å². The van der Waals surface area contributed by atoms with Gasteiger partial charge >= 0.3 is 0 Å². The summed E-state index contributed by atoms with van der Waals surface area (Å²) in [5.74, 6) is -0.954. The maximum atomic E-state index is 12.3. The van der Waals surface area contributed by atoms with Crippen LogP contribution < -0.4 is 10.7 Å². The predicted octanol–water partition coefficient (Wildman–Crippen LogP) is 4.65. The van der Waals surface area contributed by atoms with Crippen LogP contribution in [0.5, 0.6) is 0 Å². The molecule has 3 aromatic carbocycles. The number of hydrogen-bond acceptors (Lipinski definition) is 5. The van der Waals surface area contributed by atoms with Crippen LogP contribution >= 0.6 is 11.6 Å². The Morgan fingerprint density at radius 1 is 0.903 bits per heavy atom. The van der Waals surface area contributed by atoms with Gasteiger partial charge < -0.3 is 5.32 Å². The number of carbonyl (C=O) groups excluding carboxylic acids is 2. The van der Waals surface area contributed by atoms with Crippen LogP contribution in [-0.4, -0.2) is 22.4 Å². The third-order valence-electron chi connectivity index (χ3n) is 4.34. The van der Waals surface area contributed by atoms with Gasteiger partial charge in [0.1, 0.15) is 5.56 Å². The molecule has 0 bridgehead atoms. The Bertz CT molecular complexity index is 1160. The Morgan fingerprint density at radius 2 is 1.52 bits per heavy atom. The van der Waals surface area contributed by atoms with E-state index in [4.69, 9.17) is 11.6 Å². The Balaban J connectivity index is 1.66. The number of para-hydroxylation sites is 1. The molecule has 0 atom stereocenters. The van der Waals surface area contributed by atoms with Gasteiger partial charge in [-0.2, -0.15) is 5.10 Å². The first-order chi connectivity index (χ1) is 14.8. The van der Waals surface area contributed by atoms with Crippen LogP contribution in [0.15, 0.2) is 77.9 Å². The molecule has 2 amide bonds. The smallest absolute Gasteiger partial charge is 0.282 e. The second kappa shape index (κ2) is 9.64. The number of benzene rings is 3. The van der Waals surface area contributed by atoms with Crippen LogP contribution in [0.4, 0.5) is 11.4 Å². The van der Waals surface area contributed by atoms with E-state index in [0.717, 1.165) is 0 Å². The summed E-state index contributed by atoms with van der Waals surface area (Å²) in [4.78, 5) is 34.9. The van der Waals surface area contributed by atoms with Crippen molar-refractivity contribution in [1.82, 2.24) is 5.43 Å². The summed E-state index contributed by atoms with van der Waals surface area (Å²) in [5, 5.41) is 18.4. The minimum absolute atomic E-state index is 0.0793. The summed E-state index contributed by atoms with van der Waals surface area (Å²) in [6.07, 6.45) is 0. The number of rotatable bonds is 6. The van der Waals surface area contributed by atoms with E-state index in [1.165, 1.54) is 24.3 Å². The van der Waals surface area contributed by atoms with Crippen molar-refractivity contribution in [2.24, 2.45) is 5.10 Å². The number of anilines is 1. The molecule has 156 valence electrons. The van der Waals surface area contributed by atoms with Gasteiger partial charge in [0, 0.05) is 22.3 Å². The number of nitro benzene ring substituents is 1. The monoisotopic (exact) mass is 436 g/mol. The minimum Gasteiger partial charge on any atom is -0.322 e. The van der Waals surface area contributed by atoms with E-state index in [2.05, 4.69) is 15.8 Å². The van der Waals surface area contributed by atoms with Crippen molar-refractivity contribution in [3.8, 4) is 0 Å². The van der Waals surface area contributed by atoms with Crippen molar-refractivity contribution in [1.29, 1.82) is 0 Å². The van der Waals surface area contributed by atoms with Gasteiger partial charge in [0.2, 0.25) is 0 Å². The molecule has 0 saturated carbocycles. The summed E-state index contributed by atoms with van der Waals surface area (Å²) in [5.41, 5.74) is 4.20. The van der Waals surface area contributed by atoms with Crippen LogP contribution in [-0.2, 0) is 0 Å². The largest absolute Gasteiger partial charge is 0.322 e. The molecule has 3 aromatic rings. The first-order valence-corrected chi connectivity index (χ1v) is 9.48. The number of halogens is 1. The van der Waals surface area contributed by atoms with Crippen molar-refractivity contribution in [3.63, 3.8) is 0 Å². The van der Waals surface area contributed by atoms with Gasteiger partial charge in [-0.25, -0.2) is 5.43 Å². The average Bonchev–Trinajstić information content (AvgIpc) is 2.78. The van der Waals surface area contributed by atoms with Crippen molar-refractivity contribution >= 4 is 40.5 Å². The van der Waals surface area contributed by atoms with E-state index in [1.54, 1.807) is 55.5 Å². The van der Waals surface area contributed by atoms with Crippen LogP contribution in [0.25, 0.3) is 0 Å². The van der Waals surface area contributed by atoms with Gasteiger partial charge in [0.05, 0.1) is 10.6 Å². The van der Waals surface area contributed by atoms with Crippen LogP contribution in [0.1, 0.15) is 33.2 Å². The lowest BCUT2D eigenvalue weighted by atomic mass is 10.1. The Hall–Kier alpha value is -4.04. The molecular formula is C22H17ClN4O4. The zero-order valence-corrected chi connectivity index (χ0v) is 17.1. The summed E-state index contributed by atoms with van der Waals surface area (Å²) < 4.78 is 0. The standard InChI is InChI=1S/C22H17ClN4O4/c1-14(25-26-22(29)19-4-2-3-5-20(19)27(30)31)15-8-12-18(13-9-15)24-21(28)16-6-10-17(23)11-7-16/h2-13H,1H3,(H,24,28)(H,26,29)/b25-14-. The minimum atomic E-state index is -0.682. The number of hydrogen-bond donors (Lipinski definition) is 2. The van der Waals surface area contributed by atoms with Crippen LogP contribution in [0.2, 0.25) is 5.02 Å². The molecular weight excluding hydrogens is 420 g/mol. The van der Waals surface area contributed by atoms with E-state index in [0.29, 0.717) is 27.5 Å². The Kier molecular flexibility index (Phi) is 6.74. The van der Waals surface area contributed by atoms with E-state index in [9.17, 15) is 19.7 Å². The van der Waals surface area contributed by atoms with Gasteiger partial charge in [0.15, 0.2) is 0 Å². The van der Waals surface area contributed by atoms with Crippen molar-refractivity contribution < 1.29 is 14.5 Å². The predicted molar refractivity (Wildman–Crippen MR) is 119 cm³/mol. The number of nitrogens with zero attached hydrogens (tertiary/aromatic N) is 2. The highest BCUT2D eigenvalue weighted by atomic mass is 35.5. The highest BCUT2D eigenvalue weighted by Gasteiger charge is 2.18. The Labute approximate surface area is 182 Å². The summed E-state index contributed by atoms with van der Waals surface area (Å²) in [7, 11) is 0. The lowest BCUT2D eigenvalue weighted by Crippen LogP contribution is -2.20. The molecule has 0 aromatic heterocycles. The van der Waals surface area contributed by atoms with Gasteiger partial charge in [0.25, 0.3) is 17.5 Å². The number of nitro groups is 1. The molecule has 9 heteroatoms. The molecule has 0 spiro atoms. The lowest BCUT2D eigenvalue weighted by molar-refractivity contribution is -0.385. The maximum absolute atomic E-state index is 12.3. The summed E-state index contributed by atoms with van der Waals surface area (Å²) >= 11 is 5.83. The number of hydrazone groups is 1. The second-order valence-electron chi connectivity index (χ2n) is 6.45. The third kappa shape index (κ3) is 5.52. The van der Waals surface area contributed by atoms with Gasteiger partial charge in [-0.15, -0.1) is 0 Å². The maximum Gasteiger partial charge on any atom is 0.282 e. The zero-order chi connectivity index (χ0) is 22.4. The molecule has 0 unspecified atom stereocenters. The molecule has 0 radical (unpaired) electrons. The lowest BCUT2D eigenvalue weighted by Gasteiger charge is -2.07. The van der Waals surface area contributed by atoms with Gasteiger partial charge in [-0.1, -0.05) is 35.9 Å². The first kappa shape index (κ1) is 21.7. The van der Waals surface area contributed by atoms with Gasteiger partial charge in [-0.3, -0.25) is 19.7 Å². The fraction of sp³-hybridized carbons (Fsp3) is 0.0455. The van der Waals surface area contributed by atoms with E-state index in [-0.39, 0.29) is 17.2 Å². The first-order valence-electron chi connectivity index (χ1n) is 9.10. The van der Waals surface area contributed by atoms with Crippen molar-refractivity contribution in [2.45, 2.75) is 6.92 Å². The molecule has 2 N–H and O–H groups in total. The quantitative estimate of drug-likeness (QED) is 0.332. The second-order valence-corrected chi connectivity index (χ2v) is 6.89. The topological polar surface area (TPSA) is 114 Å². The van der Waals surface area contributed by atoms with Crippen molar-refractivity contribution in [3.05, 3.63) is 105 Å². The fourth-order valence-electron chi connectivity index (χ4n) is 2.68. The molecule has 8 nitrogen and oxygen atoms in total. The molecule has 0 aliphatic carbocycles. The van der Waals surface area contributed by atoms with E-state index in [1.807, 2.05) is 0 Å². The fourth-order valence-corrected chi connectivity index (χ4v) is 2.81. The van der Waals surface area contributed by atoms with Crippen LogP contribution in [0.3, 0.4) is 0 Å². The number of amides is 2.